The van der Waals surface area contributed by atoms with Gasteiger partial charge in [-0.25, -0.2) is 4.39 Å². The third-order valence-electron chi connectivity index (χ3n) is 4.94. The number of non-ortho nitro benzene ring substituents is 1. The fourth-order valence-corrected chi connectivity index (χ4v) is 3.32. The van der Waals surface area contributed by atoms with Crippen LogP contribution < -0.4 is 0 Å². The Hall–Kier alpha value is -3.59. The lowest BCUT2D eigenvalue weighted by molar-refractivity contribution is -0.384. The molecule has 9 heteroatoms. The molecule has 0 aromatic heterocycles. The van der Waals surface area contributed by atoms with E-state index >= 15 is 0 Å². The number of ketones is 1. The summed E-state index contributed by atoms with van der Waals surface area (Å²) in [4.78, 5) is 37.0. The number of halogens is 1. The van der Waals surface area contributed by atoms with Gasteiger partial charge in [-0.3, -0.25) is 19.7 Å². The summed E-state index contributed by atoms with van der Waals surface area (Å²) in [5, 5.41) is 21.8. The van der Waals surface area contributed by atoms with Crippen LogP contribution in [0.5, 0.6) is 0 Å². The highest BCUT2D eigenvalue weighted by molar-refractivity contribution is 6.46. The number of Topliss-reactive ketones (excluding diaryl/α,β-unsaturated/α-hetero) is 1. The van der Waals surface area contributed by atoms with Crippen molar-refractivity contribution in [1.29, 1.82) is 0 Å². The minimum absolute atomic E-state index is 0.0507. The van der Waals surface area contributed by atoms with Crippen molar-refractivity contribution < 1.29 is 28.7 Å². The van der Waals surface area contributed by atoms with Crippen LogP contribution in [0.1, 0.15) is 22.7 Å². The summed E-state index contributed by atoms with van der Waals surface area (Å²) >= 11 is 0. The van der Waals surface area contributed by atoms with Gasteiger partial charge in [0.25, 0.3) is 17.4 Å². The Morgan fingerprint density at radius 2 is 1.90 bits per heavy atom. The Balaban J connectivity index is 2.16. The molecule has 1 aliphatic heterocycles. The van der Waals surface area contributed by atoms with Gasteiger partial charge in [0.05, 0.1) is 23.1 Å². The van der Waals surface area contributed by atoms with Crippen molar-refractivity contribution >= 4 is 23.1 Å². The third-order valence-corrected chi connectivity index (χ3v) is 4.94. The van der Waals surface area contributed by atoms with Gasteiger partial charge >= 0.3 is 0 Å². The van der Waals surface area contributed by atoms with E-state index in [2.05, 4.69) is 0 Å². The number of aliphatic hydroxyl groups is 1. The first kappa shape index (κ1) is 21.1. The summed E-state index contributed by atoms with van der Waals surface area (Å²) in [5.74, 6) is -2.85. The van der Waals surface area contributed by atoms with E-state index in [1.165, 1.54) is 48.4 Å². The third kappa shape index (κ3) is 3.79. The standard InChI is InChI=1S/C21H19FN2O6/c1-12-3-4-14(11-16(12)22)19(25)17-18(13-5-7-15(8-6-13)24(28)29)23(9-10-30-2)21(27)20(17)26/h3-8,11,18,25H,9-10H2,1-2H3. The van der Waals surface area contributed by atoms with Gasteiger partial charge in [0.15, 0.2) is 0 Å². The highest BCUT2D eigenvalue weighted by Gasteiger charge is 2.46. The number of carbonyl (C=O) groups is 2. The number of aryl methyl sites for hydroxylation is 1. The number of aliphatic hydroxyl groups excluding tert-OH is 1. The molecule has 0 aliphatic carbocycles. The van der Waals surface area contributed by atoms with Gasteiger partial charge in [-0.15, -0.1) is 0 Å². The van der Waals surface area contributed by atoms with E-state index in [0.717, 1.165) is 6.07 Å². The smallest absolute Gasteiger partial charge is 0.295 e. The second-order valence-electron chi connectivity index (χ2n) is 6.80. The predicted molar refractivity (Wildman–Crippen MR) is 105 cm³/mol. The summed E-state index contributed by atoms with van der Waals surface area (Å²) in [6.07, 6.45) is 0. The van der Waals surface area contributed by atoms with Gasteiger partial charge < -0.3 is 14.7 Å². The molecule has 1 amide bonds. The number of nitrogens with zero attached hydrogens (tertiary/aromatic N) is 2. The maximum absolute atomic E-state index is 14.0. The normalized spacial score (nSPS) is 18.1. The highest BCUT2D eigenvalue weighted by atomic mass is 19.1. The van der Waals surface area contributed by atoms with Gasteiger partial charge in [0.1, 0.15) is 11.6 Å². The minimum Gasteiger partial charge on any atom is -0.507 e. The zero-order valence-corrected chi connectivity index (χ0v) is 16.3. The highest BCUT2D eigenvalue weighted by Crippen LogP contribution is 2.39. The van der Waals surface area contributed by atoms with Gasteiger partial charge in [-0.1, -0.05) is 12.1 Å². The summed E-state index contributed by atoms with van der Waals surface area (Å²) < 4.78 is 19.0. The van der Waals surface area contributed by atoms with Gasteiger partial charge in [-0.2, -0.15) is 0 Å². The van der Waals surface area contributed by atoms with Crippen molar-refractivity contribution in [2.75, 3.05) is 20.3 Å². The molecule has 1 atom stereocenters. The fourth-order valence-electron chi connectivity index (χ4n) is 3.32. The molecular formula is C21H19FN2O6. The quantitative estimate of drug-likeness (QED) is 0.256. The van der Waals surface area contributed by atoms with Crippen molar-refractivity contribution in [2.24, 2.45) is 0 Å². The molecule has 3 rings (SSSR count). The first-order chi connectivity index (χ1) is 14.3. The topological polar surface area (TPSA) is 110 Å². The molecule has 8 nitrogen and oxygen atoms in total. The minimum atomic E-state index is -0.995. The number of amides is 1. The van der Waals surface area contributed by atoms with Crippen molar-refractivity contribution in [1.82, 2.24) is 4.90 Å². The van der Waals surface area contributed by atoms with Crippen LogP contribution in [0.15, 0.2) is 48.0 Å². The number of hydrogen-bond donors (Lipinski definition) is 1. The lowest BCUT2D eigenvalue weighted by Gasteiger charge is -2.25. The summed E-state index contributed by atoms with van der Waals surface area (Å²) in [5.41, 5.74) is 0.431. The van der Waals surface area contributed by atoms with E-state index in [0.29, 0.717) is 11.1 Å². The molecule has 1 heterocycles. The lowest BCUT2D eigenvalue weighted by atomic mass is 9.95. The Kier molecular flexibility index (Phi) is 5.93. The molecule has 2 aromatic rings. The van der Waals surface area contributed by atoms with Crippen molar-refractivity contribution in [3.8, 4) is 0 Å². The molecule has 0 spiro atoms. The first-order valence-corrected chi connectivity index (χ1v) is 9.04. The molecule has 1 aliphatic rings. The Bertz CT molecular complexity index is 1050. The lowest BCUT2D eigenvalue weighted by Crippen LogP contribution is -2.32. The molecule has 1 unspecified atom stereocenters. The van der Waals surface area contributed by atoms with Crippen LogP contribution in [0.25, 0.3) is 5.76 Å². The average molecular weight is 414 g/mol. The average Bonchev–Trinajstić information content (AvgIpc) is 2.98. The number of methoxy groups -OCH3 is 1. The van der Waals surface area contributed by atoms with E-state index in [1.54, 1.807) is 6.92 Å². The van der Waals surface area contributed by atoms with Crippen LogP contribution in [0, 0.1) is 22.9 Å². The molecule has 1 N–H and O–H groups in total. The second-order valence-corrected chi connectivity index (χ2v) is 6.80. The molecule has 1 fully saturated rings. The van der Waals surface area contributed by atoms with Gasteiger partial charge in [-0.05, 0) is 36.2 Å². The Morgan fingerprint density at radius 1 is 1.23 bits per heavy atom. The number of ether oxygens (including phenoxy) is 1. The van der Waals surface area contributed by atoms with Crippen molar-refractivity contribution in [3.63, 3.8) is 0 Å². The van der Waals surface area contributed by atoms with E-state index in [-0.39, 0.29) is 30.0 Å². The molecule has 2 aromatic carbocycles. The molecule has 30 heavy (non-hydrogen) atoms. The second kappa shape index (κ2) is 8.42. The number of nitro groups is 1. The number of rotatable bonds is 6. The molecule has 1 saturated heterocycles. The maximum Gasteiger partial charge on any atom is 0.295 e. The Labute approximate surface area is 171 Å². The molecule has 0 saturated carbocycles. The van der Waals surface area contributed by atoms with Crippen LogP contribution in [-0.4, -0.2) is 46.9 Å². The van der Waals surface area contributed by atoms with Gasteiger partial charge in [0.2, 0.25) is 0 Å². The number of likely N-dealkylation sites (tertiary alicyclic amines) is 1. The zero-order chi connectivity index (χ0) is 22.0. The Morgan fingerprint density at radius 3 is 2.47 bits per heavy atom. The number of nitro benzene ring substituents is 1. The SMILES string of the molecule is COCCN1C(=O)C(=O)C(=C(O)c2ccc(C)c(F)c2)C1c1ccc([N+](=O)[O-])cc1. The zero-order valence-electron chi connectivity index (χ0n) is 16.3. The van der Waals surface area contributed by atoms with Gasteiger partial charge in [0, 0.05) is 31.4 Å². The number of benzene rings is 2. The van der Waals surface area contributed by atoms with E-state index in [1.807, 2.05) is 0 Å². The van der Waals surface area contributed by atoms with E-state index in [9.17, 15) is 29.2 Å². The first-order valence-electron chi connectivity index (χ1n) is 9.04. The van der Waals surface area contributed by atoms with Crippen LogP contribution in [0.4, 0.5) is 10.1 Å². The number of hydrogen-bond acceptors (Lipinski definition) is 6. The predicted octanol–water partition coefficient (Wildman–Crippen LogP) is 3.11. The van der Waals surface area contributed by atoms with Crippen LogP contribution in [0.2, 0.25) is 0 Å². The van der Waals surface area contributed by atoms with Crippen LogP contribution in [0.3, 0.4) is 0 Å². The van der Waals surface area contributed by atoms with Crippen LogP contribution in [-0.2, 0) is 14.3 Å². The fraction of sp³-hybridized carbons (Fsp3) is 0.238. The summed E-state index contributed by atoms with van der Waals surface area (Å²) in [6.45, 7) is 1.75. The van der Waals surface area contributed by atoms with Crippen molar-refractivity contribution in [3.05, 3.63) is 80.7 Å². The maximum atomic E-state index is 14.0. The molecule has 0 bridgehead atoms. The molecule has 0 radical (unpaired) electrons. The number of carbonyl (C=O) groups excluding carboxylic acids is 2. The van der Waals surface area contributed by atoms with Crippen molar-refractivity contribution in [2.45, 2.75) is 13.0 Å². The van der Waals surface area contributed by atoms with Crippen LogP contribution >= 0.6 is 0 Å². The van der Waals surface area contributed by atoms with E-state index in [4.69, 9.17) is 4.74 Å². The summed E-state index contributed by atoms with van der Waals surface area (Å²) in [7, 11) is 1.44. The molecular weight excluding hydrogens is 395 g/mol. The largest absolute Gasteiger partial charge is 0.507 e. The monoisotopic (exact) mass is 414 g/mol. The molecule has 156 valence electrons. The summed E-state index contributed by atoms with van der Waals surface area (Å²) in [6, 6.07) is 8.31. The van der Waals surface area contributed by atoms with E-state index < -0.39 is 34.2 Å².